The molecule has 176 valence electrons. The molecule has 0 aliphatic heterocycles. The van der Waals surface area contributed by atoms with Gasteiger partial charge in [0, 0.05) is 34.1 Å². The lowest BCUT2D eigenvalue weighted by Crippen LogP contribution is -2.23. The summed E-state index contributed by atoms with van der Waals surface area (Å²) in [6, 6.07) is 6.07. The van der Waals surface area contributed by atoms with E-state index in [4.69, 9.17) is 18.9 Å². The van der Waals surface area contributed by atoms with Gasteiger partial charge in [-0.2, -0.15) is 0 Å². The molecule has 0 saturated carbocycles. The van der Waals surface area contributed by atoms with Gasteiger partial charge < -0.3 is 18.9 Å². The molecule has 2 aromatic rings. The van der Waals surface area contributed by atoms with Gasteiger partial charge in [0.25, 0.3) is 0 Å². The Morgan fingerprint density at radius 1 is 0.909 bits per heavy atom. The Kier molecular flexibility index (Phi) is 8.15. The first-order valence-electron chi connectivity index (χ1n) is 11.3. The molecule has 0 heterocycles. The minimum Gasteiger partial charge on any atom is -0.489 e. The molecule has 1 aliphatic rings. The van der Waals surface area contributed by atoms with Gasteiger partial charge in [-0.3, -0.25) is 0 Å². The van der Waals surface area contributed by atoms with Crippen LogP contribution >= 0.6 is 0 Å². The molecule has 1 aliphatic carbocycles. The predicted molar refractivity (Wildman–Crippen MR) is 128 cm³/mol. The zero-order valence-electron chi connectivity index (χ0n) is 19.6. The maximum absolute atomic E-state index is 11.5. The van der Waals surface area contributed by atoms with Gasteiger partial charge in [-0.15, -0.1) is 0 Å². The minimum absolute atomic E-state index is 0.240. The summed E-state index contributed by atoms with van der Waals surface area (Å²) in [7, 11) is 0. The van der Waals surface area contributed by atoms with Crippen LogP contribution in [0.4, 0.5) is 0 Å². The lowest BCUT2D eigenvalue weighted by atomic mass is 9.86. The van der Waals surface area contributed by atoms with Crippen LogP contribution in [0.3, 0.4) is 0 Å². The van der Waals surface area contributed by atoms with Crippen molar-refractivity contribution in [1.82, 2.24) is 0 Å². The van der Waals surface area contributed by atoms with Gasteiger partial charge in [0.15, 0.2) is 0 Å². The number of benzene rings is 2. The van der Waals surface area contributed by atoms with Crippen molar-refractivity contribution in [2.24, 2.45) is 0 Å². The Bertz CT molecular complexity index is 1050. The van der Waals surface area contributed by atoms with Crippen molar-refractivity contribution in [3.05, 3.63) is 60.2 Å². The first kappa shape index (κ1) is 24.4. The van der Waals surface area contributed by atoms with E-state index in [1.54, 1.807) is 13.8 Å². The van der Waals surface area contributed by atoms with E-state index in [1.165, 1.54) is 0 Å². The zero-order chi connectivity index (χ0) is 24.0. The molecule has 6 nitrogen and oxygen atoms in total. The van der Waals surface area contributed by atoms with Crippen LogP contribution in [-0.2, 0) is 31.9 Å². The highest BCUT2D eigenvalue weighted by atomic mass is 16.6. The van der Waals surface area contributed by atoms with Crippen LogP contribution in [0.15, 0.2) is 43.5 Å². The van der Waals surface area contributed by atoms with Crippen LogP contribution in [-0.4, -0.2) is 37.4 Å². The standard InChI is InChI=1S/C27H32O6/c1-6-23(28)32-18(4)15-30-26-20-12-8-9-13-21(20)27(25-17(3)11-10-14-22(25)26)31-16-19(5)33-24(29)7-2/h6-7,10-11,14,18-19H,1-2,8-9,12-13,15-16H2,3-5H3. The first-order valence-corrected chi connectivity index (χ1v) is 11.3. The topological polar surface area (TPSA) is 71.1 Å². The number of hydrogen-bond donors (Lipinski definition) is 0. The summed E-state index contributed by atoms with van der Waals surface area (Å²) in [4.78, 5) is 23.1. The molecule has 0 fully saturated rings. The number of ether oxygens (including phenoxy) is 4. The number of fused-ring (bicyclic) bond motifs is 2. The normalized spacial score (nSPS) is 14.5. The number of carbonyl (C=O) groups excluding carboxylic acids is 2. The number of carbonyl (C=O) groups is 2. The smallest absolute Gasteiger partial charge is 0.330 e. The highest BCUT2D eigenvalue weighted by molar-refractivity contribution is 5.98. The molecule has 0 amide bonds. The molecule has 2 aromatic carbocycles. The summed E-state index contributed by atoms with van der Waals surface area (Å²) in [5.41, 5.74) is 3.34. The van der Waals surface area contributed by atoms with Crippen LogP contribution in [0.2, 0.25) is 0 Å². The fourth-order valence-corrected chi connectivity index (χ4v) is 4.16. The molecule has 3 rings (SSSR count). The Morgan fingerprint density at radius 3 is 1.97 bits per heavy atom. The van der Waals surface area contributed by atoms with E-state index in [1.807, 2.05) is 25.1 Å². The third kappa shape index (κ3) is 5.75. The SMILES string of the molecule is C=CC(=O)OC(C)COc1c2c(c(OCC(C)OC(=O)C=C)c3c(C)cccc13)CCCC2. The van der Waals surface area contributed by atoms with Crippen molar-refractivity contribution in [2.75, 3.05) is 13.2 Å². The average Bonchev–Trinajstić information content (AvgIpc) is 2.81. The quantitative estimate of drug-likeness (QED) is 0.372. The summed E-state index contributed by atoms with van der Waals surface area (Å²) in [5, 5.41) is 1.95. The van der Waals surface area contributed by atoms with Gasteiger partial charge in [-0.1, -0.05) is 31.4 Å². The van der Waals surface area contributed by atoms with Crippen LogP contribution < -0.4 is 9.47 Å². The van der Waals surface area contributed by atoms with Crippen molar-refractivity contribution < 1.29 is 28.5 Å². The van der Waals surface area contributed by atoms with Gasteiger partial charge in [-0.25, -0.2) is 9.59 Å². The van der Waals surface area contributed by atoms with Crippen molar-refractivity contribution >= 4 is 22.7 Å². The molecule has 0 saturated heterocycles. The molecule has 0 radical (unpaired) electrons. The second-order valence-electron chi connectivity index (χ2n) is 8.35. The molecule has 2 atom stereocenters. The number of rotatable bonds is 10. The molecule has 0 bridgehead atoms. The Hall–Kier alpha value is -3.28. The van der Waals surface area contributed by atoms with E-state index >= 15 is 0 Å². The van der Waals surface area contributed by atoms with Gasteiger partial charge in [-0.05, 0) is 52.0 Å². The largest absolute Gasteiger partial charge is 0.489 e. The summed E-state index contributed by atoms with van der Waals surface area (Å²) in [6.45, 7) is 13.0. The lowest BCUT2D eigenvalue weighted by molar-refractivity contribution is -0.144. The van der Waals surface area contributed by atoms with Gasteiger partial charge >= 0.3 is 11.9 Å². The van der Waals surface area contributed by atoms with E-state index in [0.717, 1.165) is 76.8 Å². The van der Waals surface area contributed by atoms with Gasteiger partial charge in [0.05, 0.1) is 0 Å². The maximum atomic E-state index is 11.5. The summed E-state index contributed by atoms with van der Waals surface area (Å²) in [6.07, 6.45) is 5.37. The molecule has 0 aromatic heterocycles. The zero-order valence-corrected chi connectivity index (χ0v) is 19.6. The molecular weight excluding hydrogens is 420 g/mol. The highest BCUT2D eigenvalue weighted by Gasteiger charge is 2.26. The Labute approximate surface area is 195 Å². The van der Waals surface area contributed by atoms with Gasteiger partial charge in [0.2, 0.25) is 0 Å². The number of esters is 2. The molecular formula is C27H32O6. The second kappa shape index (κ2) is 11.0. The van der Waals surface area contributed by atoms with Crippen molar-refractivity contribution in [3.8, 4) is 11.5 Å². The van der Waals surface area contributed by atoms with Crippen molar-refractivity contribution in [1.29, 1.82) is 0 Å². The number of aryl methyl sites for hydroxylation is 1. The van der Waals surface area contributed by atoms with Crippen LogP contribution in [0.5, 0.6) is 11.5 Å². The third-order valence-corrected chi connectivity index (χ3v) is 5.65. The van der Waals surface area contributed by atoms with Crippen LogP contribution in [0, 0.1) is 6.92 Å². The fraction of sp³-hybridized carbons (Fsp3) is 0.407. The Balaban J connectivity index is 1.98. The van der Waals surface area contributed by atoms with E-state index in [-0.39, 0.29) is 13.2 Å². The summed E-state index contributed by atoms with van der Waals surface area (Å²) in [5.74, 6) is 0.717. The lowest BCUT2D eigenvalue weighted by Gasteiger charge is -2.27. The monoisotopic (exact) mass is 452 g/mol. The van der Waals surface area contributed by atoms with Crippen molar-refractivity contribution in [2.45, 2.75) is 58.7 Å². The maximum Gasteiger partial charge on any atom is 0.330 e. The molecule has 0 spiro atoms. The minimum atomic E-state index is -0.469. The predicted octanol–water partition coefficient (Wildman–Crippen LogP) is 5.02. The molecule has 33 heavy (non-hydrogen) atoms. The van der Waals surface area contributed by atoms with E-state index in [9.17, 15) is 9.59 Å². The van der Waals surface area contributed by atoms with E-state index < -0.39 is 24.1 Å². The third-order valence-electron chi connectivity index (χ3n) is 5.65. The summed E-state index contributed by atoms with van der Waals surface area (Å²) >= 11 is 0. The highest BCUT2D eigenvalue weighted by Crippen LogP contribution is 2.45. The van der Waals surface area contributed by atoms with E-state index in [0.29, 0.717) is 0 Å². The van der Waals surface area contributed by atoms with E-state index in [2.05, 4.69) is 13.2 Å². The van der Waals surface area contributed by atoms with Crippen LogP contribution in [0.1, 0.15) is 43.4 Å². The molecule has 6 heteroatoms. The average molecular weight is 453 g/mol. The fourth-order valence-electron chi connectivity index (χ4n) is 4.16. The van der Waals surface area contributed by atoms with Crippen molar-refractivity contribution in [3.63, 3.8) is 0 Å². The number of hydrogen-bond acceptors (Lipinski definition) is 6. The summed E-state index contributed by atoms with van der Waals surface area (Å²) < 4.78 is 23.1. The second-order valence-corrected chi connectivity index (χ2v) is 8.35. The van der Waals surface area contributed by atoms with Crippen LogP contribution in [0.25, 0.3) is 10.8 Å². The molecule has 0 N–H and O–H groups in total. The Morgan fingerprint density at radius 2 is 1.42 bits per heavy atom. The molecule has 2 unspecified atom stereocenters. The van der Waals surface area contributed by atoms with Gasteiger partial charge in [0.1, 0.15) is 36.9 Å². The first-order chi connectivity index (χ1) is 15.8.